The quantitative estimate of drug-likeness (QED) is 0.684. The van der Waals surface area contributed by atoms with E-state index in [1.54, 1.807) is 12.1 Å². The van der Waals surface area contributed by atoms with Gasteiger partial charge in [-0.1, -0.05) is 0 Å². The maximum absolute atomic E-state index is 6.13. The molecule has 0 bridgehead atoms. The molecule has 0 fully saturated rings. The second-order valence-corrected chi connectivity index (χ2v) is 10.3. The molecule has 0 spiro atoms. The molecule has 72 valence electrons. The van der Waals surface area contributed by atoms with Crippen LogP contribution in [-0.2, 0) is 0 Å². The van der Waals surface area contributed by atoms with Crippen LogP contribution in [-0.4, -0.2) is 6.16 Å². The van der Waals surface area contributed by atoms with E-state index in [0.717, 1.165) is 0 Å². The van der Waals surface area contributed by atoms with Crippen molar-refractivity contribution in [3.8, 4) is 11.5 Å². The predicted octanol–water partition coefficient (Wildman–Crippen LogP) is 4.17. The number of hydrogen-bond donors (Lipinski definition) is 0. The summed E-state index contributed by atoms with van der Waals surface area (Å²) in [6.07, 6.45) is 0.476. The predicted molar refractivity (Wildman–Crippen MR) is 56.9 cm³/mol. The fourth-order valence-electron chi connectivity index (χ4n) is 1.12. The zero-order valence-corrected chi connectivity index (χ0v) is 9.44. The molecule has 1 aromatic carbocycles. The Morgan fingerprint density at radius 2 is 1.62 bits per heavy atom. The van der Waals surface area contributed by atoms with Crippen LogP contribution < -0.4 is 9.05 Å². The second kappa shape index (κ2) is 2.66. The van der Waals surface area contributed by atoms with Crippen LogP contribution in [0.5, 0.6) is 11.5 Å². The summed E-state index contributed by atoms with van der Waals surface area (Å²) in [6, 6.07) is 7.30. The third kappa shape index (κ3) is 1.59. The summed E-state index contributed by atoms with van der Waals surface area (Å²) in [6.45, 7) is 1.85. The van der Waals surface area contributed by atoms with Gasteiger partial charge in [-0.2, -0.15) is 0 Å². The second-order valence-electron chi connectivity index (χ2n) is 2.86. The van der Waals surface area contributed by atoms with E-state index in [0.29, 0.717) is 17.7 Å². The van der Waals surface area contributed by atoms with E-state index in [-0.39, 0.29) is 0 Å². The van der Waals surface area contributed by atoms with Crippen LogP contribution in [0.2, 0.25) is 0 Å². The average Bonchev–Trinajstić information content (AvgIpc) is 2.37. The van der Waals surface area contributed by atoms with Crippen LogP contribution in [0.4, 0.5) is 0 Å². The normalized spacial score (nSPS) is 24.7. The first-order chi connectivity index (χ1) is 6.02. The van der Waals surface area contributed by atoms with Crippen LogP contribution in [0.1, 0.15) is 6.92 Å². The van der Waals surface area contributed by atoms with E-state index in [2.05, 4.69) is 0 Å². The third-order valence-corrected chi connectivity index (χ3v) is 6.22. The van der Waals surface area contributed by atoms with Gasteiger partial charge in [0.25, 0.3) is 0 Å². The molecule has 2 rings (SSSR count). The first kappa shape index (κ1) is 9.39. The Morgan fingerprint density at radius 3 is 2.00 bits per heavy atom. The molecule has 0 saturated heterocycles. The van der Waals surface area contributed by atoms with Crippen LogP contribution in [0, 0.1) is 0 Å². The maximum atomic E-state index is 6.13. The van der Waals surface area contributed by atoms with Crippen molar-refractivity contribution >= 4 is 28.2 Å². The first-order valence-corrected chi connectivity index (χ1v) is 8.03. The van der Waals surface area contributed by atoms with E-state index in [1.165, 1.54) is 0 Å². The van der Waals surface area contributed by atoms with Gasteiger partial charge in [-0.25, -0.2) is 0 Å². The molecule has 0 aromatic heterocycles. The molecular weight excluding hydrogens is 230 g/mol. The number of para-hydroxylation sites is 2. The molecule has 0 aliphatic carbocycles. The zero-order chi connectivity index (χ0) is 9.55. The van der Waals surface area contributed by atoms with Gasteiger partial charge in [0.2, 0.25) is 0 Å². The van der Waals surface area contributed by atoms with Gasteiger partial charge >= 0.3 is 86.1 Å². The van der Waals surface area contributed by atoms with Gasteiger partial charge in [0, 0.05) is 0 Å². The molecule has 0 saturated carbocycles. The van der Waals surface area contributed by atoms with Gasteiger partial charge in [-0.05, 0) is 0 Å². The van der Waals surface area contributed by atoms with Crippen molar-refractivity contribution in [3.05, 3.63) is 24.3 Å². The van der Waals surface area contributed by atoms with Gasteiger partial charge in [-0.3, -0.25) is 0 Å². The number of rotatable bonds is 1. The standard InChI is InChI=1S/C8H9Cl2O2P/c1-2-13(9,10)11-7-5-3-4-6-8(7)12-13/h3-6H,2H2,1H3. The zero-order valence-electron chi connectivity index (χ0n) is 7.04. The van der Waals surface area contributed by atoms with E-state index in [4.69, 9.17) is 31.5 Å². The van der Waals surface area contributed by atoms with Gasteiger partial charge < -0.3 is 0 Å². The van der Waals surface area contributed by atoms with Crippen molar-refractivity contribution in [2.24, 2.45) is 0 Å². The molecular formula is C8H9Cl2O2P. The van der Waals surface area contributed by atoms with E-state index in [1.807, 2.05) is 19.1 Å². The van der Waals surface area contributed by atoms with E-state index in [9.17, 15) is 0 Å². The van der Waals surface area contributed by atoms with Gasteiger partial charge in [-0.15, -0.1) is 0 Å². The molecule has 2 nitrogen and oxygen atoms in total. The molecule has 13 heavy (non-hydrogen) atoms. The SMILES string of the molecule is CCP1(Cl)(Cl)Oc2ccccc2O1. The molecule has 1 aliphatic heterocycles. The fourth-order valence-corrected chi connectivity index (χ4v) is 3.34. The van der Waals surface area contributed by atoms with Gasteiger partial charge in [0.15, 0.2) is 0 Å². The van der Waals surface area contributed by atoms with Crippen LogP contribution in [0.25, 0.3) is 0 Å². The Labute approximate surface area is 86.4 Å². The molecule has 0 atom stereocenters. The van der Waals surface area contributed by atoms with E-state index >= 15 is 0 Å². The minimum atomic E-state index is -3.39. The number of benzene rings is 1. The van der Waals surface area contributed by atoms with Crippen molar-refractivity contribution < 1.29 is 9.05 Å². The van der Waals surface area contributed by atoms with Crippen molar-refractivity contribution in [3.63, 3.8) is 0 Å². The summed E-state index contributed by atoms with van der Waals surface area (Å²) >= 11 is 12.3. The van der Waals surface area contributed by atoms with Crippen molar-refractivity contribution in [1.82, 2.24) is 0 Å². The molecule has 0 amide bonds. The minimum absolute atomic E-state index is 0.476. The van der Waals surface area contributed by atoms with Crippen molar-refractivity contribution in [2.75, 3.05) is 6.16 Å². The molecule has 0 radical (unpaired) electrons. The summed E-state index contributed by atoms with van der Waals surface area (Å²) in [5.41, 5.74) is 0. The van der Waals surface area contributed by atoms with E-state index < -0.39 is 5.76 Å². The Balaban J connectivity index is 2.42. The first-order valence-electron chi connectivity index (χ1n) is 3.96. The van der Waals surface area contributed by atoms with Crippen LogP contribution in [0.15, 0.2) is 24.3 Å². The topological polar surface area (TPSA) is 18.5 Å². The number of halogens is 2. The van der Waals surface area contributed by atoms with Crippen molar-refractivity contribution in [2.45, 2.75) is 6.92 Å². The van der Waals surface area contributed by atoms with Gasteiger partial charge in [0.05, 0.1) is 0 Å². The number of fused-ring (bicyclic) bond motifs is 1. The Hall–Kier alpha value is -0.170. The Kier molecular flexibility index (Phi) is 1.92. The summed E-state index contributed by atoms with van der Waals surface area (Å²) in [5.74, 6) is -2.12. The van der Waals surface area contributed by atoms with Gasteiger partial charge in [0.1, 0.15) is 0 Å². The van der Waals surface area contributed by atoms with Crippen LogP contribution in [0.3, 0.4) is 0 Å². The molecule has 0 N–H and O–H groups in total. The molecule has 5 heteroatoms. The van der Waals surface area contributed by atoms with Crippen molar-refractivity contribution in [1.29, 1.82) is 0 Å². The summed E-state index contributed by atoms with van der Waals surface area (Å²) < 4.78 is 10.9. The monoisotopic (exact) mass is 238 g/mol. The Morgan fingerprint density at radius 1 is 1.15 bits per heavy atom. The average molecular weight is 239 g/mol. The molecule has 1 aromatic rings. The number of hydrogen-bond acceptors (Lipinski definition) is 2. The molecule has 1 heterocycles. The van der Waals surface area contributed by atoms with Crippen LogP contribution >= 0.6 is 28.2 Å². The molecule has 0 unspecified atom stereocenters. The fraction of sp³-hybridized carbons (Fsp3) is 0.250. The molecule has 1 aliphatic rings. The summed E-state index contributed by atoms with van der Waals surface area (Å²) in [7, 11) is 0. The Bertz CT molecular complexity index is 325. The summed E-state index contributed by atoms with van der Waals surface area (Å²) in [4.78, 5) is 0. The summed E-state index contributed by atoms with van der Waals surface area (Å²) in [5, 5.41) is 0. The third-order valence-electron chi connectivity index (χ3n) is 1.88.